The molecule has 1 aliphatic rings. The molecule has 1 fully saturated rings. The minimum Gasteiger partial charge on any atom is -0.375 e. The van der Waals surface area contributed by atoms with Crippen molar-refractivity contribution in [1.82, 2.24) is 19.9 Å². The molecule has 1 atom stereocenters. The third kappa shape index (κ3) is 3.24. The number of aromatic nitrogens is 3. The van der Waals surface area contributed by atoms with Crippen LogP contribution in [-0.4, -0.2) is 50.7 Å². The first-order valence-electron chi connectivity index (χ1n) is 8.43. The molecule has 0 saturated carbocycles. The summed E-state index contributed by atoms with van der Waals surface area (Å²) in [6, 6.07) is 9.27. The van der Waals surface area contributed by atoms with Gasteiger partial charge in [-0.15, -0.1) is 11.3 Å². The number of hydrogen-bond donors (Lipinski definition) is 1. The molecule has 27 heavy (non-hydrogen) atoms. The molecule has 0 spiro atoms. The van der Waals surface area contributed by atoms with Crippen molar-refractivity contribution in [3.8, 4) is 22.0 Å². The van der Waals surface area contributed by atoms with Gasteiger partial charge in [0, 0.05) is 37.2 Å². The molecule has 0 bridgehead atoms. The van der Waals surface area contributed by atoms with E-state index in [4.69, 9.17) is 4.98 Å². The molecule has 0 aliphatic carbocycles. The number of benzene rings is 1. The van der Waals surface area contributed by atoms with Gasteiger partial charge in [-0.2, -0.15) is 0 Å². The third-order valence-corrected chi connectivity index (χ3v) is 6.11. The van der Waals surface area contributed by atoms with Crippen molar-refractivity contribution in [1.29, 1.82) is 0 Å². The van der Waals surface area contributed by atoms with Crippen molar-refractivity contribution in [2.24, 2.45) is 0 Å². The Morgan fingerprint density at radius 2 is 2.11 bits per heavy atom. The van der Waals surface area contributed by atoms with E-state index in [-0.39, 0.29) is 5.91 Å². The summed E-state index contributed by atoms with van der Waals surface area (Å²) >= 11 is 2.99. The van der Waals surface area contributed by atoms with Crippen molar-refractivity contribution in [2.45, 2.75) is 17.2 Å². The summed E-state index contributed by atoms with van der Waals surface area (Å²) in [5.41, 5.74) is 1.60. The second-order valence-electron chi connectivity index (χ2n) is 6.38. The number of hydrogen-bond acceptors (Lipinski definition) is 7. The van der Waals surface area contributed by atoms with E-state index >= 15 is 0 Å². The Bertz CT molecular complexity index is 1010. The quantitative estimate of drug-likeness (QED) is 0.538. The summed E-state index contributed by atoms with van der Waals surface area (Å²) in [5.74, 6) is -0.260. The smallest absolute Gasteiger partial charge is 0.258 e. The van der Waals surface area contributed by atoms with Gasteiger partial charge in [-0.1, -0.05) is 30.0 Å². The Morgan fingerprint density at radius 1 is 1.26 bits per heavy atom. The fourth-order valence-corrected chi connectivity index (χ4v) is 4.29. The lowest BCUT2D eigenvalue weighted by Crippen LogP contribution is -2.36. The van der Waals surface area contributed by atoms with Gasteiger partial charge in [0.2, 0.25) is 0 Å². The van der Waals surface area contributed by atoms with Crippen molar-refractivity contribution in [3.63, 3.8) is 0 Å². The molecule has 1 N–H and O–H groups in total. The Kier molecular flexibility index (Phi) is 4.71. The first-order valence-corrected chi connectivity index (χ1v) is 10.5. The van der Waals surface area contributed by atoms with Crippen LogP contribution in [0.3, 0.4) is 0 Å². The standard InChI is InChI=1S/C19H18N4O2S2/c1-23-9-7-19(25,17(23)24)13-5-3-4-12(10-13)15-11-27-16(21-15)14-6-8-20-18(22-14)26-2/h3-6,8,10-11,25H,7,9H2,1-2H3/t19-/m1/s1. The summed E-state index contributed by atoms with van der Waals surface area (Å²) in [6.45, 7) is 0.548. The molecule has 1 aliphatic heterocycles. The summed E-state index contributed by atoms with van der Waals surface area (Å²) in [4.78, 5) is 27.3. The molecular formula is C19H18N4O2S2. The average Bonchev–Trinajstić information content (AvgIpc) is 3.30. The SMILES string of the molecule is CSc1nccc(-c2nc(-c3cccc([C@]4(O)CCN(C)C4=O)c3)cs2)n1. The maximum Gasteiger partial charge on any atom is 0.258 e. The van der Waals surface area contributed by atoms with Gasteiger partial charge in [0.05, 0.1) is 5.69 Å². The topological polar surface area (TPSA) is 79.2 Å². The number of likely N-dealkylation sites (N-methyl/N-ethyl adjacent to an activating group) is 1. The molecule has 1 amide bonds. The van der Waals surface area contributed by atoms with Gasteiger partial charge in [-0.25, -0.2) is 15.0 Å². The number of thiazole rings is 1. The zero-order valence-electron chi connectivity index (χ0n) is 14.9. The van der Waals surface area contributed by atoms with Crippen LogP contribution in [0, 0.1) is 0 Å². The van der Waals surface area contributed by atoms with E-state index in [1.165, 1.54) is 23.1 Å². The summed E-state index contributed by atoms with van der Waals surface area (Å²) in [7, 11) is 1.71. The molecule has 1 saturated heterocycles. The zero-order chi connectivity index (χ0) is 19.0. The minimum absolute atomic E-state index is 0.260. The third-order valence-electron chi connectivity index (χ3n) is 4.68. The average molecular weight is 399 g/mol. The van der Waals surface area contributed by atoms with Gasteiger partial charge in [0.15, 0.2) is 10.8 Å². The van der Waals surface area contributed by atoms with Crippen LogP contribution in [0.4, 0.5) is 0 Å². The molecule has 138 valence electrons. The van der Waals surface area contributed by atoms with Crippen molar-refractivity contribution >= 4 is 29.0 Å². The van der Waals surface area contributed by atoms with Crippen LogP contribution in [0.25, 0.3) is 22.0 Å². The van der Waals surface area contributed by atoms with Crippen LogP contribution in [0.5, 0.6) is 0 Å². The lowest BCUT2D eigenvalue weighted by atomic mass is 9.90. The highest BCUT2D eigenvalue weighted by molar-refractivity contribution is 7.98. The number of carbonyl (C=O) groups excluding carboxylic acids is 1. The van der Waals surface area contributed by atoms with E-state index in [1.54, 1.807) is 24.2 Å². The van der Waals surface area contributed by atoms with Gasteiger partial charge in [-0.05, 0) is 24.0 Å². The first kappa shape index (κ1) is 18.1. The maximum absolute atomic E-state index is 12.4. The number of rotatable bonds is 4. The highest BCUT2D eigenvalue weighted by Gasteiger charge is 2.45. The van der Waals surface area contributed by atoms with Gasteiger partial charge < -0.3 is 10.0 Å². The Hall–Kier alpha value is -2.29. The molecule has 8 heteroatoms. The maximum atomic E-state index is 12.4. The van der Waals surface area contributed by atoms with Gasteiger partial charge >= 0.3 is 0 Å². The molecule has 0 radical (unpaired) electrons. The molecule has 6 nitrogen and oxygen atoms in total. The molecular weight excluding hydrogens is 380 g/mol. The molecule has 2 aromatic heterocycles. The van der Waals surface area contributed by atoms with Gasteiger partial charge in [-0.3, -0.25) is 4.79 Å². The zero-order valence-corrected chi connectivity index (χ0v) is 16.5. The van der Waals surface area contributed by atoms with E-state index < -0.39 is 5.60 Å². The van der Waals surface area contributed by atoms with Crippen LogP contribution in [0.1, 0.15) is 12.0 Å². The van der Waals surface area contributed by atoms with Crippen molar-refractivity contribution in [3.05, 3.63) is 47.5 Å². The van der Waals surface area contributed by atoms with E-state index in [9.17, 15) is 9.90 Å². The lowest BCUT2D eigenvalue weighted by molar-refractivity contribution is -0.143. The predicted octanol–water partition coefficient (Wildman–Crippen LogP) is 3.04. The second-order valence-corrected chi connectivity index (χ2v) is 8.02. The van der Waals surface area contributed by atoms with Crippen LogP contribution < -0.4 is 0 Å². The number of carbonyl (C=O) groups is 1. The number of likely N-dealkylation sites (tertiary alicyclic amines) is 1. The number of thioether (sulfide) groups is 1. The van der Waals surface area contributed by atoms with Crippen LogP contribution >= 0.6 is 23.1 Å². The summed E-state index contributed by atoms with van der Waals surface area (Å²) < 4.78 is 0. The largest absolute Gasteiger partial charge is 0.375 e. The van der Waals surface area contributed by atoms with Crippen LogP contribution in [-0.2, 0) is 10.4 Å². The number of aliphatic hydroxyl groups is 1. The van der Waals surface area contributed by atoms with Crippen LogP contribution in [0.2, 0.25) is 0 Å². The highest BCUT2D eigenvalue weighted by Crippen LogP contribution is 2.35. The van der Waals surface area contributed by atoms with E-state index in [0.29, 0.717) is 23.7 Å². The monoisotopic (exact) mass is 398 g/mol. The van der Waals surface area contributed by atoms with E-state index in [2.05, 4.69) is 9.97 Å². The Labute approximate surface area is 165 Å². The van der Waals surface area contributed by atoms with Crippen molar-refractivity contribution in [2.75, 3.05) is 19.8 Å². The molecule has 3 heterocycles. The molecule has 0 unspecified atom stereocenters. The fraction of sp³-hybridized carbons (Fsp3) is 0.263. The molecule has 3 aromatic rings. The molecule has 4 rings (SSSR count). The molecule has 1 aromatic carbocycles. The summed E-state index contributed by atoms with van der Waals surface area (Å²) in [6.07, 6.45) is 4.06. The Morgan fingerprint density at radius 3 is 2.85 bits per heavy atom. The predicted molar refractivity (Wildman–Crippen MR) is 107 cm³/mol. The van der Waals surface area contributed by atoms with Crippen molar-refractivity contribution < 1.29 is 9.90 Å². The van der Waals surface area contributed by atoms with Gasteiger partial charge in [0.25, 0.3) is 5.91 Å². The Balaban J connectivity index is 1.67. The number of nitrogens with zero attached hydrogens (tertiary/aromatic N) is 4. The van der Waals surface area contributed by atoms with E-state index in [1.807, 2.05) is 35.9 Å². The minimum atomic E-state index is -1.45. The summed E-state index contributed by atoms with van der Waals surface area (Å²) in [5, 5.41) is 14.4. The van der Waals surface area contributed by atoms with Gasteiger partial charge in [0.1, 0.15) is 10.7 Å². The lowest BCUT2D eigenvalue weighted by Gasteiger charge is -2.21. The van der Waals surface area contributed by atoms with Crippen LogP contribution in [0.15, 0.2) is 47.1 Å². The highest BCUT2D eigenvalue weighted by atomic mass is 32.2. The fourth-order valence-electron chi connectivity index (χ4n) is 3.14. The second kappa shape index (κ2) is 7.03. The first-order chi connectivity index (χ1) is 13.0. The number of amides is 1. The van der Waals surface area contributed by atoms with E-state index in [0.717, 1.165) is 22.0 Å². The normalized spacial score (nSPS) is 19.7.